The molecule has 0 bridgehead atoms. The van der Waals surface area contributed by atoms with E-state index in [2.05, 4.69) is 34.2 Å². The molecule has 0 aliphatic carbocycles. The Balaban J connectivity index is 1.21. The van der Waals surface area contributed by atoms with Gasteiger partial charge in [0, 0.05) is 43.4 Å². The minimum Gasteiger partial charge on any atom is -0.372 e. The van der Waals surface area contributed by atoms with E-state index in [0.29, 0.717) is 19.1 Å². The summed E-state index contributed by atoms with van der Waals surface area (Å²) >= 11 is 0. The van der Waals surface area contributed by atoms with Crippen LogP contribution in [-0.4, -0.2) is 33.9 Å². The van der Waals surface area contributed by atoms with Gasteiger partial charge in [-0.05, 0) is 66.1 Å². The second-order valence-electron chi connectivity index (χ2n) is 7.84. The topological polar surface area (TPSA) is 55.3 Å². The van der Waals surface area contributed by atoms with Crippen LogP contribution in [0.1, 0.15) is 39.9 Å². The summed E-state index contributed by atoms with van der Waals surface area (Å²) in [5.41, 5.74) is 4.40. The number of pyridine rings is 2. The van der Waals surface area contributed by atoms with Crippen molar-refractivity contribution in [3.8, 4) is 0 Å². The predicted octanol–water partition coefficient (Wildman–Crippen LogP) is 4.29. The molecule has 1 amide bonds. The average Bonchev–Trinajstić information content (AvgIpc) is 2.81. The highest BCUT2D eigenvalue weighted by atomic mass is 16.5. The molecule has 1 aromatic carbocycles. The zero-order chi connectivity index (χ0) is 20.6. The normalized spacial score (nSPS) is 14.6. The highest BCUT2D eigenvalue weighted by molar-refractivity contribution is 5.94. The fourth-order valence-corrected chi connectivity index (χ4v) is 3.89. The summed E-state index contributed by atoms with van der Waals surface area (Å²) in [4.78, 5) is 22.5. The van der Waals surface area contributed by atoms with Crippen molar-refractivity contribution < 1.29 is 9.53 Å². The van der Waals surface area contributed by atoms with E-state index >= 15 is 0 Å². The highest BCUT2D eigenvalue weighted by Gasteiger charge is 2.23. The van der Waals surface area contributed by atoms with Crippen LogP contribution in [0.5, 0.6) is 0 Å². The molecule has 5 nitrogen and oxygen atoms in total. The van der Waals surface area contributed by atoms with Gasteiger partial charge in [0.2, 0.25) is 0 Å². The predicted molar refractivity (Wildman–Crippen MR) is 116 cm³/mol. The maximum atomic E-state index is 12.6. The van der Waals surface area contributed by atoms with Crippen LogP contribution < -0.4 is 0 Å². The molecular weight excluding hydrogens is 374 g/mol. The van der Waals surface area contributed by atoms with Crippen molar-refractivity contribution in [2.75, 3.05) is 13.1 Å². The van der Waals surface area contributed by atoms with Crippen molar-refractivity contribution in [2.45, 2.75) is 32.5 Å². The van der Waals surface area contributed by atoms with Gasteiger partial charge in [-0.1, -0.05) is 24.3 Å². The molecule has 4 rings (SSSR count). The van der Waals surface area contributed by atoms with Gasteiger partial charge >= 0.3 is 0 Å². The minimum atomic E-state index is 0.118. The number of likely N-dealkylation sites (tertiary alicyclic amines) is 1. The summed E-state index contributed by atoms with van der Waals surface area (Å²) < 4.78 is 5.80. The van der Waals surface area contributed by atoms with Gasteiger partial charge in [0.25, 0.3) is 5.91 Å². The van der Waals surface area contributed by atoms with Gasteiger partial charge in [-0.2, -0.15) is 0 Å². The summed E-state index contributed by atoms with van der Waals surface area (Å²) in [7, 11) is 0. The number of piperidine rings is 1. The van der Waals surface area contributed by atoms with Gasteiger partial charge in [-0.3, -0.25) is 14.8 Å². The van der Waals surface area contributed by atoms with Gasteiger partial charge < -0.3 is 9.64 Å². The van der Waals surface area contributed by atoms with Crippen molar-refractivity contribution in [2.24, 2.45) is 5.92 Å². The fourth-order valence-electron chi connectivity index (χ4n) is 3.89. The Hall–Kier alpha value is -3.05. The molecule has 0 radical (unpaired) electrons. The number of amides is 1. The third-order valence-electron chi connectivity index (χ3n) is 5.66. The molecule has 0 saturated carbocycles. The Morgan fingerprint density at radius 2 is 1.33 bits per heavy atom. The van der Waals surface area contributed by atoms with E-state index in [4.69, 9.17) is 4.74 Å². The first-order valence-corrected chi connectivity index (χ1v) is 10.5. The second kappa shape index (κ2) is 10.1. The Labute approximate surface area is 177 Å². The fraction of sp³-hybridized carbons (Fsp3) is 0.320. The van der Waals surface area contributed by atoms with Gasteiger partial charge in [0.15, 0.2) is 0 Å². The van der Waals surface area contributed by atoms with Crippen molar-refractivity contribution in [1.29, 1.82) is 0 Å². The quantitative estimate of drug-likeness (QED) is 0.593. The summed E-state index contributed by atoms with van der Waals surface area (Å²) in [6.45, 7) is 2.86. The lowest BCUT2D eigenvalue weighted by molar-refractivity contribution is 0.0690. The van der Waals surface area contributed by atoms with Crippen LogP contribution in [-0.2, 0) is 24.4 Å². The number of hydrogen-bond acceptors (Lipinski definition) is 4. The molecule has 1 aliphatic heterocycles. The van der Waals surface area contributed by atoms with Gasteiger partial charge in [0.05, 0.1) is 13.2 Å². The highest BCUT2D eigenvalue weighted by Crippen LogP contribution is 2.23. The molecule has 5 heteroatoms. The van der Waals surface area contributed by atoms with Crippen LogP contribution in [0, 0.1) is 5.92 Å². The zero-order valence-electron chi connectivity index (χ0n) is 17.1. The number of benzene rings is 1. The molecule has 2 aromatic heterocycles. The number of carbonyl (C=O) groups excluding carboxylic acids is 1. The van der Waals surface area contributed by atoms with Crippen molar-refractivity contribution in [3.63, 3.8) is 0 Å². The Morgan fingerprint density at radius 1 is 0.800 bits per heavy atom. The molecule has 1 saturated heterocycles. The van der Waals surface area contributed by atoms with Crippen molar-refractivity contribution >= 4 is 5.91 Å². The average molecular weight is 402 g/mol. The summed E-state index contributed by atoms with van der Waals surface area (Å²) in [5, 5.41) is 0. The molecule has 0 atom stereocenters. The molecule has 0 unspecified atom stereocenters. The lowest BCUT2D eigenvalue weighted by Gasteiger charge is -2.32. The first-order chi connectivity index (χ1) is 14.8. The van der Waals surface area contributed by atoms with Crippen molar-refractivity contribution in [3.05, 3.63) is 95.6 Å². The van der Waals surface area contributed by atoms with Crippen molar-refractivity contribution in [1.82, 2.24) is 14.9 Å². The molecular formula is C25H27N3O2. The minimum absolute atomic E-state index is 0.118. The van der Waals surface area contributed by atoms with Gasteiger partial charge in [0.1, 0.15) is 0 Å². The summed E-state index contributed by atoms with van der Waals surface area (Å²) in [6.07, 6.45) is 10.1. The molecule has 1 fully saturated rings. The summed E-state index contributed by atoms with van der Waals surface area (Å²) in [5.74, 6) is 0.743. The third kappa shape index (κ3) is 5.51. The van der Waals surface area contributed by atoms with Crippen LogP contribution in [0.15, 0.2) is 73.3 Å². The van der Waals surface area contributed by atoms with E-state index < -0.39 is 0 Å². The van der Waals surface area contributed by atoms with Crippen LogP contribution in [0.3, 0.4) is 0 Å². The molecule has 154 valence electrons. The van der Waals surface area contributed by atoms with Crippen LogP contribution in [0.25, 0.3) is 0 Å². The van der Waals surface area contributed by atoms with E-state index in [-0.39, 0.29) is 5.91 Å². The van der Waals surface area contributed by atoms with E-state index in [1.807, 2.05) is 17.0 Å². The number of hydrogen-bond donors (Lipinski definition) is 0. The van der Waals surface area contributed by atoms with E-state index in [1.165, 1.54) is 11.1 Å². The molecule has 0 spiro atoms. The zero-order valence-corrected chi connectivity index (χ0v) is 17.1. The van der Waals surface area contributed by atoms with E-state index in [9.17, 15) is 4.79 Å². The lowest BCUT2D eigenvalue weighted by atomic mass is 9.89. The maximum Gasteiger partial charge on any atom is 0.253 e. The Kier molecular flexibility index (Phi) is 6.83. The van der Waals surface area contributed by atoms with Crippen LogP contribution >= 0.6 is 0 Å². The standard InChI is InChI=1S/C25H27N3O2/c29-25(24-7-13-27-14-8-24)28-15-9-21(10-16-28)17-20-1-3-22(4-2-20)18-30-19-23-5-11-26-12-6-23/h1-8,11-14,21H,9-10,15-19H2. The number of nitrogens with zero attached hydrogens (tertiary/aromatic N) is 3. The van der Waals surface area contributed by atoms with E-state index in [0.717, 1.165) is 43.5 Å². The molecule has 1 aliphatic rings. The number of ether oxygens (including phenoxy) is 1. The second-order valence-corrected chi connectivity index (χ2v) is 7.84. The molecule has 0 N–H and O–H groups in total. The SMILES string of the molecule is O=C(c1ccncc1)N1CCC(Cc2ccc(COCc3ccncc3)cc2)CC1. The monoisotopic (exact) mass is 401 g/mol. The van der Waals surface area contributed by atoms with Gasteiger partial charge in [-0.15, -0.1) is 0 Å². The maximum absolute atomic E-state index is 12.6. The Bertz CT molecular complexity index is 922. The first-order valence-electron chi connectivity index (χ1n) is 10.5. The number of rotatable bonds is 7. The first kappa shape index (κ1) is 20.2. The lowest BCUT2D eigenvalue weighted by Crippen LogP contribution is -2.38. The molecule has 30 heavy (non-hydrogen) atoms. The van der Waals surface area contributed by atoms with Gasteiger partial charge in [-0.25, -0.2) is 0 Å². The number of aromatic nitrogens is 2. The number of carbonyl (C=O) groups is 1. The summed E-state index contributed by atoms with van der Waals surface area (Å²) in [6, 6.07) is 16.2. The third-order valence-corrected chi connectivity index (χ3v) is 5.66. The molecule has 3 heterocycles. The van der Waals surface area contributed by atoms with Crippen LogP contribution in [0.2, 0.25) is 0 Å². The smallest absolute Gasteiger partial charge is 0.253 e. The van der Waals surface area contributed by atoms with E-state index in [1.54, 1.807) is 36.9 Å². The van der Waals surface area contributed by atoms with Crippen LogP contribution in [0.4, 0.5) is 0 Å². The Morgan fingerprint density at radius 3 is 1.97 bits per heavy atom. The molecule has 3 aromatic rings. The largest absolute Gasteiger partial charge is 0.372 e.